The van der Waals surface area contributed by atoms with Crippen LogP contribution in [0.25, 0.3) is 5.52 Å². The van der Waals surface area contributed by atoms with E-state index in [1.807, 2.05) is 35.8 Å². The number of aromatic nitrogens is 5. The molecule has 8 heteroatoms. The van der Waals surface area contributed by atoms with Gasteiger partial charge in [0.1, 0.15) is 5.52 Å². The molecule has 0 spiro atoms. The van der Waals surface area contributed by atoms with Crippen molar-refractivity contribution in [2.75, 3.05) is 43.4 Å². The van der Waals surface area contributed by atoms with E-state index in [1.54, 1.807) is 0 Å². The van der Waals surface area contributed by atoms with E-state index >= 15 is 0 Å². The van der Waals surface area contributed by atoms with Crippen LogP contribution in [0.5, 0.6) is 0 Å². The predicted octanol–water partition coefficient (Wildman–Crippen LogP) is 1.26. The lowest BCUT2D eigenvalue weighted by molar-refractivity contribution is 0.310. The Morgan fingerprint density at radius 2 is 2.04 bits per heavy atom. The Bertz CT molecular complexity index is 812. The summed E-state index contributed by atoms with van der Waals surface area (Å²) in [5, 5.41) is 15.1. The number of rotatable bonds is 3. The fourth-order valence-electron chi connectivity index (χ4n) is 2.76. The molecular formula is C15H20N8. The fraction of sp³-hybridized carbons (Fsp3) is 0.400. The summed E-state index contributed by atoms with van der Waals surface area (Å²) < 4.78 is 1.86. The highest BCUT2D eigenvalue weighted by Crippen LogP contribution is 2.22. The minimum Gasteiger partial charge on any atom is -0.337 e. The summed E-state index contributed by atoms with van der Waals surface area (Å²) in [7, 11) is 2.14. The van der Waals surface area contributed by atoms with Crippen molar-refractivity contribution < 1.29 is 0 Å². The quantitative estimate of drug-likeness (QED) is 0.758. The van der Waals surface area contributed by atoms with Crippen molar-refractivity contribution in [3.8, 4) is 0 Å². The molecule has 0 amide bonds. The summed E-state index contributed by atoms with van der Waals surface area (Å²) in [6.45, 7) is 5.89. The first-order valence-electron chi connectivity index (χ1n) is 7.77. The van der Waals surface area contributed by atoms with Crippen molar-refractivity contribution in [2.45, 2.75) is 6.92 Å². The number of nitrogens with zero attached hydrogens (tertiary/aromatic N) is 6. The molecule has 4 heterocycles. The van der Waals surface area contributed by atoms with E-state index in [9.17, 15) is 0 Å². The zero-order chi connectivity index (χ0) is 15.8. The molecule has 0 atom stereocenters. The topological polar surface area (TPSA) is 77.4 Å². The standard InChI is InChI=1S/C15H20N8/c1-11-10-13(19-18-11)16-14-12-4-3-5-23(12)20-15(17-14)22-8-6-21(2)7-9-22/h3-5,10H,6-9H2,1-2H3,(H2,16,17,18,19,20). The average Bonchev–Trinajstić information content (AvgIpc) is 3.17. The van der Waals surface area contributed by atoms with Crippen LogP contribution < -0.4 is 10.2 Å². The minimum atomic E-state index is 0.747. The van der Waals surface area contributed by atoms with Gasteiger partial charge in [-0.15, -0.1) is 5.10 Å². The third-order valence-electron chi connectivity index (χ3n) is 4.12. The molecule has 3 aromatic heterocycles. The van der Waals surface area contributed by atoms with E-state index in [0.29, 0.717) is 0 Å². The zero-order valence-corrected chi connectivity index (χ0v) is 13.3. The summed E-state index contributed by atoms with van der Waals surface area (Å²) in [5.41, 5.74) is 1.94. The maximum atomic E-state index is 4.74. The molecule has 0 aliphatic carbocycles. The third-order valence-corrected chi connectivity index (χ3v) is 4.12. The summed E-state index contributed by atoms with van der Waals surface area (Å²) in [6, 6.07) is 5.92. The van der Waals surface area contributed by atoms with Gasteiger partial charge >= 0.3 is 0 Å². The molecule has 0 aromatic carbocycles. The number of fused-ring (bicyclic) bond motifs is 1. The van der Waals surface area contributed by atoms with Crippen LogP contribution in [-0.4, -0.2) is 62.9 Å². The third kappa shape index (κ3) is 2.72. The van der Waals surface area contributed by atoms with Crippen molar-refractivity contribution in [1.29, 1.82) is 0 Å². The number of aryl methyl sites for hydroxylation is 1. The van der Waals surface area contributed by atoms with Crippen LogP contribution in [0, 0.1) is 6.92 Å². The molecule has 8 nitrogen and oxygen atoms in total. The van der Waals surface area contributed by atoms with Gasteiger partial charge in [0.2, 0.25) is 5.95 Å². The van der Waals surface area contributed by atoms with Gasteiger partial charge in [0.25, 0.3) is 0 Å². The second-order valence-electron chi connectivity index (χ2n) is 5.95. The van der Waals surface area contributed by atoms with Crippen molar-refractivity contribution in [3.05, 3.63) is 30.1 Å². The highest BCUT2D eigenvalue weighted by Gasteiger charge is 2.19. The number of aromatic amines is 1. The molecule has 2 N–H and O–H groups in total. The Kier molecular flexibility index (Phi) is 3.38. The lowest BCUT2D eigenvalue weighted by Crippen LogP contribution is -2.45. The molecular weight excluding hydrogens is 292 g/mol. The molecule has 1 aliphatic rings. The Morgan fingerprint density at radius 3 is 2.78 bits per heavy atom. The maximum Gasteiger partial charge on any atom is 0.245 e. The molecule has 1 fully saturated rings. The molecule has 0 bridgehead atoms. The fourth-order valence-corrected chi connectivity index (χ4v) is 2.76. The normalized spacial score (nSPS) is 16.2. The van der Waals surface area contributed by atoms with Crippen LogP contribution >= 0.6 is 0 Å². The van der Waals surface area contributed by atoms with Gasteiger partial charge in [-0.1, -0.05) is 0 Å². The molecule has 0 saturated carbocycles. The second-order valence-corrected chi connectivity index (χ2v) is 5.95. The first-order chi connectivity index (χ1) is 11.2. The number of piperazine rings is 1. The Labute approximate surface area is 134 Å². The van der Waals surface area contributed by atoms with Crippen molar-refractivity contribution in [1.82, 2.24) is 29.7 Å². The molecule has 3 aromatic rings. The van der Waals surface area contributed by atoms with Crippen LogP contribution in [0.1, 0.15) is 5.69 Å². The second kappa shape index (κ2) is 5.54. The largest absolute Gasteiger partial charge is 0.337 e. The molecule has 1 saturated heterocycles. The predicted molar refractivity (Wildman–Crippen MR) is 89.3 cm³/mol. The maximum absolute atomic E-state index is 4.74. The van der Waals surface area contributed by atoms with Crippen LogP contribution in [-0.2, 0) is 0 Å². The van der Waals surface area contributed by atoms with E-state index in [4.69, 9.17) is 4.98 Å². The number of anilines is 3. The van der Waals surface area contributed by atoms with Gasteiger partial charge in [0.05, 0.1) is 0 Å². The average molecular weight is 312 g/mol. The lowest BCUT2D eigenvalue weighted by atomic mass is 10.3. The Hall–Kier alpha value is -2.61. The molecule has 4 rings (SSSR count). The summed E-state index contributed by atoms with van der Waals surface area (Å²) >= 11 is 0. The lowest BCUT2D eigenvalue weighted by Gasteiger charge is -2.32. The van der Waals surface area contributed by atoms with Crippen LogP contribution in [0.3, 0.4) is 0 Å². The number of hydrogen-bond donors (Lipinski definition) is 2. The van der Waals surface area contributed by atoms with Gasteiger partial charge in [-0.05, 0) is 26.1 Å². The first-order valence-corrected chi connectivity index (χ1v) is 7.77. The van der Waals surface area contributed by atoms with E-state index in [1.165, 1.54) is 0 Å². The highest BCUT2D eigenvalue weighted by atomic mass is 15.4. The van der Waals surface area contributed by atoms with E-state index in [2.05, 4.69) is 37.5 Å². The van der Waals surface area contributed by atoms with Gasteiger partial charge in [-0.2, -0.15) is 10.1 Å². The van der Waals surface area contributed by atoms with E-state index < -0.39 is 0 Å². The van der Waals surface area contributed by atoms with Gasteiger partial charge in [0.15, 0.2) is 11.6 Å². The zero-order valence-electron chi connectivity index (χ0n) is 13.3. The molecule has 0 unspecified atom stereocenters. The number of hydrogen-bond acceptors (Lipinski definition) is 6. The summed E-state index contributed by atoms with van der Waals surface area (Å²) in [4.78, 5) is 9.28. The molecule has 120 valence electrons. The van der Waals surface area contributed by atoms with Crippen LogP contribution in [0.15, 0.2) is 24.4 Å². The van der Waals surface area contributed by atoms with Gasteiger partial charge in [-0.25, -0.2) is 4.52 Å². The van der Waals surface area contributed by atoms with Gasteiger partial charge in [0, 0.05) is 44.1 Å². The first kappa shape index (κ1) is 14.0. The van der Waals surface area contributed by atoms with E-state index in [0.717, 1.165) is 55.0 Å². The minimum absolute atomic E-state index is 0.747. The summed E-state index contributed by atoms with van der Waals surface area (Å²) in [5.74, 6) is 2.27. The smallest absolute Gasteiger partial charge is 0.245 e. The van der Waals surface area contributed by atoms with E-state index in [-0.39, 0.29) is 0 Å². The van der Waals surface area contributed by atoms with Crippen molar-refractivity contribution in [2.24, 2.45) is 0 Å². The number of likely N-dealkylation sites (N-methyl/N-ethyl adjacent to an activating group) is 1. The van der Waals surface area contributed by atoms with Gasteiger partial charge in [-0.3, -0.25) is 5.10 Å². The SMILES string of the molecule is Cc1cc(Nc2nc(N3CCN(C)CC3)nn3cccc23)n[nH]1. The number of nitrogens with one attached hydrogen (secondary N) is 2. The van der Waals surface area contributed by atoms with Gasteiger partial charge < -0.3 is 15.1 Å². The number of H-pyrrole nitrogens is 1. The monoisotopic (exact) mass is 312 g/mol. The Balaban J connectivity index is 1.69. The molecule has 1 aliphatic heterocycles. The highest BCUT2D eigenvalue weighted by molar-refractivity contribution is 5.73. The van der Waals surface area contributed by atoms with Crippen LogP contribution in [0.4, 0.5) is 17.6 Å². The van der Waals surface area contributed by atoms with Crippen molar-refractivity contribution >= 4 is 23.1 Å². The van der Waals surface area contributed by atoms with Crippen LogP contribution in [0.2, 0.25) is 0 Å². The summed E-state index contributed by atoms with van der Waals surface area (Å²) in [6.07, 6.45) is 1.94. The molecule has 23 heavy (non-hydrogen) atoms. The Morgan fingerprint density at radius 1 is 1.22 bits per heavy atom. The molecule has 0 radical (unpaired) electrons. The van der Waals surface area contributed by atoms with Crippen molar-refractivity contribution in [3.63, 3.8) is 0 Å².